The van der Waals surface area contributed by atoms with E-state index in [1.54, 1.807) is 13.8 Å². The van der Waals surface area contributed by atoms with Crippen LogP contribution >= 0.6 is 12.4 Å². The van der Waals surface area contributed by atoms with Crippen molar-refractivity contribution in [2.45, 2.75) is 26.3 Å². The molecule has 7 heteroatoms. The Labute approximate surface area is 92.6 Å². The summed E-state index contributed by atoms with van der Waals surface area (Å²) in [5.74, 6) is 0. The van der Waals surface area contributed by atoms with Crippen LogP contribution in [0, 0.1) is 0 Å². The average molecular weight is 246 g/mol. The van der Waals surface area contributed by atoms with Crippen LogP contribution in [0.15, 0.2) is 0 Å². The van der Waals surface area contributed by atoms with Gasteiger partial charge in [0.05, 0.1) is 0 Å². The van der Waals surface area contributed by atoms with Crippen LogP contribution in [-0.4, -0.2) is 34.6 Å². The summed E-state index contributed by atoms with van der Waals surface area (Å²) in [4.78, 5) is 0. The minimum Gasteiger partial charge on any atom is -0.320 e. The number of nitrogens with one attached hydrogen (secondary N) is 3. The van der Waals surface area contributed by atoms with Crippen molar-refractivity contribution in [1.29, 1.82) is 0 Å². The monoisotopic (exact) mass is 245 g/mol. The van der Waals surface area contributed by atoms with Crippen molar-refractivity contribution < 1.29 is 8.42 Å². The van der Waals surface area contributed by atoms with E-state index in [1.165, 1.54) is 0 Å². The molecule has 0 saturated heterocycles. The molecule has 0 aliphatic rings. The Morgan fingerprint density at radius 2 is 1.79 bits per heavy atom. The van der Waals surface area contributed by atoms with Gasteiger partial charge in [-0.3, -0.25) is 0 Å². The summed E-state index contributed by atoms with van der Waals surface area (Å²) in [6.45, 7) is 4.84. The summed E-state index contributed by atoms with van der Waals surface area (Å²) >= 11 is 0. The smallest absolute Gasteiger partial charge is 0.277 e. The molecule has 0 saturated carbocycles. The number of hydrogen-bond acceptors (Lipinski definition) is 3. The molecule has 0 fully saturated rings. The standard InChI is InChI=1S/C7H19N3O2S.ClH/c1-7(2)10-13(11,12)9-6-4-5-8-3;/h7-10H,4-6H2,1-3H3;1H. The molecule has 14 heavy (non-hydrogen) atoms. The van der Waals surface area contributed by atoms with Crippen molar-refractivity contribution in [2.75, 3.05) is 20.1 Å². The van der Waals surface area contributed by atoms with E-state index in [2.05, 4.69) is 14.8 Å². The van der Waals surface area contributed by atoms with Crippen LogP contribution in [0.4, 0.5) is 0 Å². The van der Waals surface area contributed by atoms with E-state index >= 15 is 0 Å². The van der Waals surface area contributed by atoms with Gasteiger partial charge in [-0.25, -0.2) is 4.72 Å². The number of rotatable bonds is 7. The third-order valence-corrected chi connectivity index (χ3v) is 2.65. The van der Waals surface area contributed by atoms with E-state index < -0.39 is 10.2 Å². The van der Waals surface area contributed by atoms with Crippen LogP contribution in [0.1, 0.15) is 20.3 Å². The molecule has 0 rings (SSSR count). The van der Waals surface area contributed by atoms with Gasteiger partial charge in [-0.1, -0.05) is 0 Å². The molecule has 0 aliphatic heterocycles. The van der Waals surface area contributed by atoms with Gasteiger partial charge in [-0.05, 0) is 33.9 Å². The van der Waals surface area contributed by atoms with E-state index in [-0.39, 0.29) is 18.4 Å². The Hall–Kier alpha value is 0.120. The van der Waals surface area contributed by atoms with Crippen molar-refractivity contribution in [1.82, 2.24) is 14.8 Å². The van der Waals surface area contributed by atoms with E-state index in [1.807, 2.05) is 7.05 Å². The van der Waals surface area contributed by atoms with Gasteiger partial charge in [0, 0.05) is 12.6 Å². The van der Waals surface area contributed by atoms with Crippen molar-refractivity contribution in [2.24, 2.45) is 0 Å². The van der Waals surface area contributed by atoms with E-state index in [4.69, 9.17) is 0 Å². The molecule has 88 valence electrons. The van der Waals surface area contributed by atoms with Crippen LogP contribution < -0.4 is 14.8 Å². The first-order chi connectivity index (χ1) is 5.98. The molecular weight excluding hydrogens is 226 g/mol. The molecule has 0 atom stereocenters. The van der Waals surface area contributed by atoms with Gasteiger partial charge in [0.2, 0.25) is 0 Å². The first kappa shape index (κ1) is 16.5. The molecule has 0 unspecified atom stereocenters. The SMILES string of the molecule is CNCCCNS(=O)(=O)NC(C)C.Cl. The quantitative estimate of drug-likeness (QED) is 0.547. The van der Waals surface area contributed by atoms with E-state index in [0.29, 0.717) is 6.54 Å². The Kier molecular flexibility index (Phi) is 9.96. The highest BCUT2D eigenvalue weighted by molar-refractivity contribution is 7.87. The fourth-order valence-corrected chi connectivity index (χ4v) is 1.94. The summed E-state index contributed by atoms with van der Waals surface area (Å²) in [7, 11) is -1.45. The molecule has 0 bridgehead atoms. The third-order valence-electron chi connectivity index (χ3n) is 1.29. The van der Waals surface area contributed by atoms with Crippen LogP contribution in [0.25, 0.3) is 0 Å². The Morgan fingerprint density at radius 3 is 2.21 bits per heavy atom. The van der Waals surface area contributed by atoms with Crippen molar-refractivity contribution >= 4 is 22.6 Å². The molecular formula is C7H20ClN3O2S. The van der Waals surface area contributed by atoms with Gasteiger partial charge in [0.25, 0.3) is 10.2 Å². The normalized spacial score (nSPS) is 11.4. The van der Waals surface area contributed by atoms with Crippen LogP contribution in [0.2, 0.25) is 0 Å². The summed E-state index contributed by atoms with van der Waals surface area (Å²) in [5.41, 5.74) is 0. The lowest BCUT2D eigenvalue weighted by Gasteiger charge is -2.10. The van der Waals surface area contributed by atoms with Crippen molar-refractivity contribution in [3.63, 3.8) is 0 Å². The second-order valence-corrected chi connectivity index (χ2v) is 4.66. The van der Waals surface area contributed by atoms with Crippen LogP contribution in [0.5, 0.6) is 0 Å². The zero-order chi connectivity index (χ0) is 10.3. The van der Waals surface area contributed by atoms with E-state index in [0.717, 1.165) is 13.0 Å². The molecule has 0 amide bonds. The molecule has 0 aromatic carbocycles. The number of halogens is 1. The van der Waals surface area contributed by atoms with Gasteiger partial charge in [0.1, 0.15) is 0 Å². The first-order valence-electron chi connectivity index (χ1n) is 4.39. The molecule has 0 aromatic rings. The maximum absolute atomic E-state index is 11.2. The minimum atomic E-state index is -3.29. The van der Waals surface area contributed by atoms with Crippen LogP contribution in [-0.2, 0) is 10.2 Å². The fourth-order valence-electron chi connectivity index (χ4n) is 0.824. The van der Waals surface area contributed by atoms with Crippen molar-refractivity contribution in [3.8, 4) is 0 Å². The average Bonchev–Trinajstić information content (AvgIpc) is 1.95. The third kappa shape index (κ3) is 10.2. The summed E-state index contributed by atoms with van der Waals surface area (Å²) < 4.78 is 27.2. The summed E-state index contributed by atoms with van der Waals surface area (Å²) in [6, 6.07) is -0.0678. The molecule has 0 heterocycles. The minimum absolute atomic E-state index is 0. The second-order valence-electron chi connectivity index (χ2n) is 3.13. The zero-order valence-corrected chi connectivity index (χ0v) is 10.5. The lowest BCUT2D eigenvalue weighted by Crippen LogP contribution is -2.41. The number of hydrogen-bond donors (Lipinski definition) is 3. The van der Waals surface area contributed by atoms with Gasteiger partial charge < -0.3 is 5.32 Å². The lowest BCUT2D eigenvalue weighted by molar-refractivity contribution is 0.551. The molecule has 0 spiro atoms. The molecule has 0 aliphatic carbocycles. The van der Waals surface area contributed by atoms with Crippen molar-refractivity contribution in [3.05, 3.63) is 0 Å². The summed E-state index contributed by atoms with van der Waals surface area (Å²) in [5, 5.41) is 2.94. The predicted octanol–water partition coefficient (Wildman–Crippen LogP) is -0.150. The first-order valence-corrected chi connectivity index (χ1v) is 5.88. The fraction of sp³-hybridized carbons (Fsp3) is 1.00. The second kappa shape index (κ2) is 8.43. The predicted molar refractivity (Wildman–Crippen MR) is 61.0 cm³/mol. The summed E-state index contributed by atoms with van der Waals surface area (Å²) in [6.07, 6.45) is 0.787. The van der Waals surface area contributed by atoms with Crippen LogP contribution in [0.3, 0.4) is 0 Å². The Morgan fingerprint density at radius 1 is 1.21 bits per heavy atom. The van der Waals surface area contributed by atoms with E-state index in [9.17, 15) is 8.42 Å². The maximum atomic E-state index is 11.2. The zero-order valence-electron chi connectivity index (χ0n) is 8.83. The molecule has 3 N–H and O–H groups in total. The molecule has 5 nitrogen and oxygen atoms in total. The lowest BCUT2D eigenvalue weighted by atomic mass is 10.4. The largest absolute Gasteiger partial charge is 0.320 e. The maximum Gasteiger partial charge on any atom is 0.277 e. The highest BCUT2D eigenvalue weighted by Crippen LogP contribution is 1.83. The van der Waals surface area contributed by atoms with Gasteiger partial charge in [0.15, 0.2) is 0 Å². The highest BCUT2D eigenvalue weighted by atomic mass is 35.5. The van der Waals surface area contributed by atoms with Gasteiger partial charge >= 0.3 is 0 Å². The topological polar surface area (TPSA) is 70.2 Å². The molecule has 0 aromatic heterocycles. The highest BCUT2D eigenvalue weighted by Gasteiger charge is 2.09. The van der Waals surface area contributed by atoms with Gasteiger partial charge in [-0.2, -0.15) is 13.1 Å². The van der Waals surface area contributed by atoms with Gasteiger partial charge in [-0.15, -0.1) is 12.4 Å². The molecule has 0 radical (unpaired) electrons. The Balaban J connectivity index is 0. The Bertz CT molecular complexity index is 219.